The van der Waals surface area contributed by atoms with Crippen LogP contribution in [0.15, 0.2) is 0 Å². The van der Waals surface area contributed by atoms with E-state index in [2.05, 4.69) is 9.84 Å². The molecule has 1 aliphatic rings. The topological polar surface area (TPSA) is 212 Å². The highest BCUT2D eigenvalue weighted by molar-refractivity contribution is 7.46. The number of amides is 1. The first kappa shape index (κ1) is 22.2. The third kappa shape index (κ3) is 6.77. The summed E-state index contributed by atoms with van der Waals surface area (Å²) >= 11 is 0. The van der Waals surface area contributed by atoms with E-state index in [1.54, 1.807) is 0 Å². The third-order valence-electron chi connectivity index (χ3n) is 3.70. The van der Waals surface area contributed by atoms with Crippen molar-refractivity contribution in [1.29, 1.82) is 0 Å². The van der Waals surface area contributed by atoms with Crippen molar-refractivity contribution in [3.05, 3.63) is 0 Å². The molecule has 6 atom stereocenters. The third-order valence-corrected chi connectivity index (χ3v) is 4.22. The van der Waals surface area contributed by atoms with Crippen LogP contribution in [0, 0.1) is 0 Å². The Balaban J connectivity index is 2.73. The van der Waals surface area contributed by atoms with Gasteiger partial charge in [0.25, 0.3) is 0 Å². The summed E-state index contributed by atoms with van der Waals surface area (Å²) in [5.41, 5.74) is 5.33. The predicted molar refractivity (Wildman–Crippen MR) is 82.1 cm³/mol. The Labute approximate surface area is 143 Å². The molecule has 0 aliphatic heterocycles. The smallest absolute Gasteiger partial charge is 0.440 e. The van der Waals surface area contributed by atoms with E-state index in [0.29, 0.717) is 13.0 Å². The lowest BCUT2D eigenvalue weighted by Crippen LogP contribution is -2.65. The molecule has 0 bridgehead atoms. The summed E-state index contributed by atoms with van der Waals surface area (Å²) in [5, 5.41) is 41.3. The predicted octanol–water partition coefficient (Wildman–Crippen LogP) is -2.85. The Morgan fingerprint density at radius 3 is 2.04 bits per heavy atom. The van der Waals surface area contributed by atoms with E-state index in [1.807, 2.05) is 0 Å². The first-order valence-corrected chi connectivity index (χ1v) is 9.22. The van der Waals surface area contributed by atoms with Gasteiger partial charge in [0, 0.05) is 6.54 Å². The van der Waals surface area contributed by atoms with Crippen LogP contribution >= 0.6 is 7.82 Å². The molecule has 0 aromatic rings. The van der Waals surface area contributed by atoms with Crippen molar-refractivity contribution in [1.82, 2.24) is 5.32 Å². The highest BCUT2D eigenvalue weighted by Gasteiger charge is 2.53. The van der Waals surface area contributed by atoms with Gasteiger partial charge in [-0.3, -0.25) is 4.52 Å². The summed E-state index contributed by atoms with van der Waals surface area (Å²) in [4.78, 5) is 29.5. The Morgan fingerprint density at radius 1 is 0.960 bits per heavy atom. The number of hydrogen-bond donors (Lipinski definition) is 8. The van der Waals surface area contributed by atoms with Crippen molar-refractivity contribution < 1.29 is 48.8 Å². The van der Waals surface area contributed by atoms with Crippen molar-refractivity contribution in [3.63, 3.8) is 0 Å². The van der Waals surface area contributed by atoms with Gasteiger partial charge >= 0.3 is 13.9 Å². The highest BCUT2D eigenvalue weighted by atomic mass is 31.2. The Bertz CT molecular complexity index is 475. The molecule has 0 spiro atoms. The van der Waals surface area contributed by atoms with E-state index >= 15 is 0 Å². The van der Waals surface area contributed by atoms with Crippen LogP contribution in [-0.2, 0) is 13.8 Å². The van der Waals surface area contributed by atoms with Crippen LogP contribution in [0.3, 0.4) is 0 Å². The second kappa shape index (κ2) is 9.76. The van der Waals surface area contributed by atoms with Crippen molar-refractivity contribution >= 4 is 13.9 Å². The first-order valence-electron chi connectivity index (χ1n) is 7.69. The molecule has 9 N–H and O–H groups in total. The van der Waals surface area contributed by atoms with E-state index in [4.69, 9.17) is 20.3 Å². The fraction of sp³-hybridized carbons (Fsp3) is 0.917. The number of nitrogens with one attached hydrogen (secondary N) is 1. The second-order valence-electron chi connectivity index (χ2n) is 5.67. The SMILES string of the molecule is NCCCCCNC(=O)O[C@H]1[C@@H](O)[C@H](O)[C@@H](O)[C@H](O)[C@H]1OP(=O)(O)O. The van der Waals surface area contributed by atoms with Gasteiger partial charge in [-0.1, -0.05) is 6.42 Å². The standard InChI is InChI=1S/C12H25N2O10P/c13-4-2-1-3-5-14-12(19)23-10-8(17)6(15)7(16)9(18)11(10)24-25(20,21)22/h6-11,15-18H,1-5,13H2,(H,14,19)(H2,20,21,22)/t6-,7-,8+,9+,10+,11-/m1/s1. The summed E-state index contributed by atoms with van der Waals surface area (Å²) in [5.74, 6) is 0. The van der Waals surface area contributed by atoms with E-state index in [-0.39, 0.29) is 6.54 Å². The molecule has 13 heteroatoms. The van der Waals surface area contributed by atoms with Gasteiger partial charge in [0.1, 0.15) is 30.5 Å². The molecular formula is C12H25N2O10P. The molecule has 1 amide bonds. The van der Waals surface area contributed by atoms with E-state index in [1.165, 1.54) is 0 Å². The van der Waals surface area contributed by atoms with Gasteiger partial charge in [-0.05, 0) is 19.4 Å². The van der Waals surface area contributed by atoms with Crippen LogP contribution in [0.5, 0.6) is 0 Å². The molecule has 1 saturated carbocycles. The number of aliphatic hydroxyl groups is 4. The van der Waals surface area contributed by atoms with E-state index in [9.17, 15) is 29.8 Å². The van der Waals surface area contributed by atoms with Crippen LogP contribution in [0.25, 0.3) is 0 Å². The molecule has 1 rings (SSSR count). The fourth-order valence-electron chi connectivity index (χ4n) is 2.40. The molecule has 0 aromatic carbocycles. The second-order valence-corrected chi connectivity index (χ2v) is 6.86. The number of alkyl carbamates (subject to hydrolysis) is 1. The molecule has 25 heavy (non-hydrogen) atoms. The van der Waals surface area contributed by atoms with Crippen LogP contribution in [0.1, 0.15) is 19.3 Å². The molecule has 1 fully saturated rings. The van der Waals surface area contributed by atoms with Gasteiger partial charge in [-0.2, -0.15) is 0 Å². The quantitative estimate of drug-likeness (QED) is 0.156. The summed E-state index contributed by atoms with van der Waals surface area (Å²) in [6.07, 6.45) is -10.5. The van der Waals surface area contributed by atoms with Gasteiger partial charge in [0.2, 0.25) is 0 Å². The number of nitrogens with two attached hydrogens (primary N) is 1. The van der Waals surface area contributed by atoms with Crippen LogP contribution in [0.2, 0.25) is 0 Å². The van der Waals surface area contributed by atoms with Crippen LogP contribution in [0.4, 0.5) is 4.79 Å². The summed E-state index contributed by atoms with van der Waals surface area (Å²) in [6.45, 7) is 0.734. The molecule has 0 radical (unpaired) electrons. The minimum atomic E-state index is -5.15. The Morgan fingerprint density at radius 2 is 1.52 bits per heavy atom. The summed E-state index contributed by atoms with van der Waals surface area (Å²) in [7, 11) is -5.15. The number of unbranched alkanes of at least 4 members (excludes halogenated alkanes) is 2. The zero-order valence-electron chi connectivity index (χ0n) is 13.3. The largest absolute Gasteiger partial charge is 0.470 e. The number of rotatable bonds is 8. The number of ether oxygens (including phenoxy) is 1. The number of phosphoric ester groups is 1. The number of carbonyl (C=O) groups is 1. The molecule has 0 saturated heterocycles. The summed E-state index contributed by atoms with van der Waals surface area (Å²) in [6, 6.07) is 0. The minimum absolute atomic E-state index is 0.222. The molecule has 148 valence electrons. The molecule has 0 aromatic heterocycles. The molecule has 0 unspecified atom stereocenters. The average Bonchev–Trinajstić information content (AvgIpc) is 2.53. The maximum absolute atomic E-state index is 11.8. The van der Waals surface area contributed by atoms with Crippen LogP contribution < -0.4 is 11.1 Å². The maximum Gasteiger partial charge on any atom is 0.470 e. The Kier molecular flexibility index (Phi) is 8.68. The normalized spacial score (nSPS) is 33.1. The zero-order chi connectivity index (χ0) is 19.2. The first-order chi connectivity index (χ1) is 11.6. The average molecular weight is 388 g/mol. The minimum Gasteiger partial charge on any atom is -0.440 e. The monoisotopic (exact) mass is 388 g/mol. The van der Waals surface area contributed by atoms with Gasteiger partial charge in [0.05, 0.1) is 0 Å². The van der Waals surface area contributed by atoms with Gasteiger partial charge in [0.15, 0.2) is 6.10 Å². The van der Waals surface area contributed by atoms with Crippen molar-refractivity contribution in [2.75, 3.05) is 13.1 Å². The maximum atomic E-state index is 11.8. The zero-order valence-corrected chi connectivity index (χ0v) is 14.2. The number of aliphatic hydroxyl groups excluding tert-OH is 4. The van der Waals surface area contributed by atoms with Gasteiger partial charge in [-0.15, -0.1) is 0 Å². The van der Waals surface area contributed by atoms with Gasteiger partial charge in [-0.25, -0.2) is 9.36 Å². The lowest BCUT2D eigenvalue weighted by atomic mass is 9.85. The highest BCUT2D eigenvalue weighted by Crippen LogP contribution is 2.42. The molecular weight excluding hydrogens is 363 g/mol. The van der Waals surface area contributed by atoms with E-state index in [0.717, 1.165) is 12.8 Å². The van der Waals surface area contributed by atoms with Gasteiger partial charge < -0.3 is 46.0 Å². The summed E-state index contributed by atoms with van der Waals surface area (Å²) < 4.78 is 20.2. The van der Waals surface area contributed by atoms with Crippen molar-refractivity contribution in [2.24, 2.45) is 5.73 Å². The number of hydrogen-bond acceptors (Lipinski definition) is 9. The lowest BCUT2D eigenvalue weighted by molar-refractivity contribution is -0.219. The number of phosphoric acid groups is 1. The van der Waals surface area contributed by atoms with Crippen molar-refractivity contribution in [3.8, 4) is 0 Å². The number of carbonyl (C=O) groups excluding carboxylic acids is 1. The molecule has 1 aliphatic carbocycles. The molecule has 0 heterocycles. The van der Waals surface area contributed by atoms with Crippen molar-refractivity contribution in [2.45, 2.75) is 55.9 Å². The van der Waals surface area contributed by atoms with Crippen LogP contribution in [-0.4, -0.2) is 86.0 Å². The molecule has 12 nitrogen and oxygen atoms in total. The van der Waals surface area contributed by atoms with E-state index < -0.39 is 50.5 Å². The Hall–Kier alpha value is -0.820. The lowest BCUT2D eigenvalue weighted by Gasteiger charge is -2.42. The fourth-order valence-corrected chi connectivity index (χ4v) is 2.96.